The zero-order valence-corrected chi connectivity index (χ0v) is 13.0. The van der Waals surface area contributed by atoms with Crippen LogP contribution in [0.3, 0.4) is 0 Å². The third-order valence-corrected chi connectivity index (χ3v) is 3.70. The quantitative estimate of drug-likeness (QED) is 0.527. The predicted molar refractivity (Wildman–Crippen MR) is 93.3 cm³/mol. The maximum Gasteiger partial charge on any atom is 0.166 e. The van der Waals surface area contributed by atoms with E-state index in [0.29, 0.717) is 6.73 Å². The molecule has 24 heavy (non-hydrogen) atoms. The first-order chi connectivity index (χ1) is 11.9. The van der Waals surface area contributed by atoms with E-state index in [9.17, 15) is 0 Å². The van der Waals surface area contributed by atoms with Gasteiger partial charge in [-0.15, -0.1) is 0 Å². The number of aromatic nitrogens is 2. The van der Waals surface area contributed by atoms with E-state index < -0.39 is 0 Å². The fourth-order valence-electron chi connectivity index (χ4n) is 2.49. The zero-order chi connectivity index (χ0) is 16.2. The standard InChI is InChI=1S/C20H16N2O2/c1-2-6-17(7-3-1)24-18-12-10-16(11-13-18)23-15-22-14-21-19-8-4-5-9-20(19)22/h1-14H,15H2. The van der Waals surface area contributed by atoms with E-state index in [0.717, 1.165) is 28.3 Å². The summed E-state index contributed by atoms with van der Waals surface area (Å²) in [5.74, 6) is 2.38. The monoisotopic (exact) mass is 316 g/mol. The third-order valence-electron chi connectivity index (χ3n) is 3.70. The average molecular weight is 316 g/mol. The van der Waals surface area contributed by atoms with Gasteiger partial charge in [0.2, 0.25) is 0 Å². The first kappa shape index (κ1) is 14.3. The molecule has 1 aromatic heterocycles. The molecule has 4 nitrogen and oxygen atoms in total. The van der Waals surface area contributed by atoms with Crippen LogP contribution < -0.4 is 9.47 Å². The predicted octanol–water partition coefficient (Wildman–Crippen LogP) is 4.87. The lowest BCUT2D eigenvalue weighted by Crippen LogP contribution is -2.03. The molecule has 118 valence electrons. The summed E-state index contributed by atoms with van der Waals surface area (Å²) >= 11 is 0. The SMILES string of the molecule is c1ccc(Oc2ccc(OCn3cnc4ccccc43)cc2)cc1. The lowest BCUT2D eigenvalue weighted by Gasteiger charge is -2.09. The topological polar surface area (TPSA) is 36.3 Å². The molecule has 4 rings (SSSR count). The van der Waals surface area contributed by atoms with Gasteiger partial charge in [0.05, 0.1) is 17.4 Å². The van der Waals surface area contributed by atoms with Crippen molar-refractivity contribution >= 4 is 11.0 Å². The molecule has 0 radical (unpaired) electrons. The fraction of sp³-hybridized carbons (Fsp3) is 0.0500. The molecule has 3 aromatic carbocycles. The molecule has 0 aliphatic rings. The Balaban J connectivity index is 1.42. The van der Waals surface area contributed by atoms with Crippen molar-refractivity contribution in [1.29, 1.82) is 0 Å². The van der Waals surface area contributed by atoms with Crippen molar-refractivity contribution in [3.8, 4) is 17.2 Å². The second kappa shape index (κ2) is 6.46. The van der Waals surface area contributed by atoms with E-state index in [-0.39, 0.29) is 0 Å². The number of nitrogens with zero attached hydrogens (tertiary/aromatic N) is 2. The number of imidazole rings is 1. The summed E-state index contributed by atoms with van der Waals surface area (Å²) in [5.41, 5.74) is 2.02. The van der Waals surface area contributed by atoms with Crippen LogP contribution in [-0.2, 0) is 6.73 Å². The number of benzene rings is 3. The number of hydrogen-bond donors (Lipinski definition) is 0. The number of rotatable bonds is 5. The summed E-state index contributed by atoms with van der Waals surface area (Å²) < 4.78 is 13.6. The van der Waals surface area contributed by atoms with Crippen molar-refractivity contribution < 1.29 is 9.47 Å². The van der Waals surface area contributed by atoms with Gasteiger partial charge in [0.1, 0.15) is 17.2 Å². The van der Waals surface area contributed by atoms with E-state index in [1.807, 2.05) is 83.4 Å². The van der Waals surface area contributed by atoms with Crippen LogP contribution in [-0.4, -0.2) is 9.55 Å². The molecule has 0 saturated carbocycles. The molecule has 0 N–H and O–H groups in total. The van der Waals surface area contributed by atoms with Crippen molar-refractivity contribution in [3.63, 3.8) is 0 Å². The van der Waals surface area contributed by atoms with Gasteiger partial charge >= 0.3 is 0 Å². The Morgan fingerprint density at radius 1 is 0.708 bits per heavy atom. The lowest BCUT2D eigenvalue weighted by molar-refractivity contribution is 0.240. The summed E-state index contributed by atoms with van der Waals surface area (Å²) in [5, 5.41) is 0. The molecule has 4 aromatic rings. The average Bonchev–Trinajstić information content (AvgIpc) is 3.05. The molecule has 0 bridgehead atoms. The molecule has 0 saturated heterocycles. The van der Waals surface area contributed by atoms with Crippen LogP contribution in [0.4, 0.5) is 0 Å². The van der Waals surface area contributed by atoms with Gasteiger partial charge in [0.25, 0.3) is 0 Å². The van der Waals surface area contributed by atoms with E-state index in [1.165, 1.54) is 0 Å². The minimum Gasteiger partial charge on any atom is -0.473 e. The molecule has 0 fully saturated rings. The summed E-state index contributed by atoms with van der Waals surface area (Å²) in [6, 6.07) is 25.3. The van der Waals surface area contributed by atoms with Crippen LogP contribution in [0.25, 0.3) is 11.0 Å². The molecule has 1 heterocycles. The van der Waals surface area contributed by atoms with Crippen molar-refractivity contribution in [2.24, 2.45) is 0 Å². The summed E-state index contributed by atoms with van der Waals surface area (Å²) in [7, 11) is 0. The van der Waals surface area contributed by atoms with Crippen LogP contribution in [0.1, 0.15) is 0 Å². The van der Waals surface area contributed by atoms with E-state index >= 15 is 0 Å². The molecule has 0 spiro atoms. The van der Waals surface area contributed by atoms with Gasteiger partial charge in [0, 0.05) is 0 Å². The highest BCUT2D eigenvalue weighted by atomic mass is 16.5. The Hall–Kier alpha value is -3.27. The van der Waals surface area contributed by atoms with Gasteiger partial charge in [0.15, 0.2) is 6.73 Å². The molecule has 4 heteroatoms. The van der Waals surface area contributed by atoms with Gasteiger partial charge in [-0.3, -0.25) is 4.57 Å². The van der Waals surface area contributed by atoms with Crippen LogP contribution in [0, 0.1) is 0 Å². The number of para-hydroxylation sites is 3. The van der Waals surface area contributed by atoms with E-state index in [4.69, 9.17) is 9.47 Å². The Morgan fingerprint density at radius 3 is 2.21 bits per heavy atom. The first-order valence-electron chi connectivity index (χ1n) is 7.74. The fourth-order valence-corrected chi connectivity index (χ4v) is 2.49. The zero-order valence-electron chi connectivity index (χ0n) is 13.0. The largest absolute Gasteiger partial charge is 0.473 e. The third kappa shape index (κ3) is 3.08. The van der Waals surface area contributed by atoms with Crippen LogP contribution in [0.15, 0.2) is 85.2 Å². The molecule has 0 aliphatic heterocycles. The molecule has 0 unspecified atom stereocenters. The number of ether oxygens (including phenoxy) is 2. The molecule has 0 amide bonds. The second-order valence-corrected chi connectivity index (χ2v) is 5.36. The highest BCUT2D eigenvalue weighted by Crippen LogP contribution is 2.24. The summed E-state index contributed by atoms with van der Waals surface area (Å²) in [4.78, 5) is 4.35. The second-order valence-electron chi connectivity index (χ2n) is 5.36. The molecule has 0 atom stereocenters. The maximum absolute atomic E-state index is 5.83. The highest BCUT2D eigenvalue weighted by molar-refractivity contribution is 5.74. The Bertz CT molecular complexity index is 931. The molecular weight excluding hydrogens is 300 g/mol. The Labute approximate surface area is 139 Å². The van der Waals surface area contributed by atoms with Crippen LogP contribution >= 0.6 is 0 Å². The van der Waals surface area contributed by atoms with Gasteiger partial charge in [-0.2, -0.15) is 0 Å². The minimum atomic E-state index is 0.416. The molecular formula is C20H16N2O2. The summed E-state index contributed by atoms with van der Waals surface area (Å²) in [6.45, 7) is 0.416. The first-order valence-corrected chi connectivity index (χ1v) is 7.74. The van der Waals surface area contributed by atoms with Crippen molar-refractivity contribution in [2.45, 2.75) is 6.73 Å². The van der Waals surface area contributed by atoms with Gasteiger partial charge in [-0.05, 0) is 48.5 Å². The Kier molecular flexibility index (Phi) is 3.86. The lowest BCUT2D eigenvalue weighted by atomic mass is 10.3. The van der Waals surface area contributed by atoms with Gasteiger partial charge in [-0.1, -0.05) is 30.3 Å². The normalized spacial score (nSPS) is 10.7. The maximum atomic E-state index is 5.83. The van der Waals surface area contributed by atoms with Gasteiger partial charge in [-0.25, -0.2) is 4.98 Å². The number of fused-ring (bicyclic) bond motifs is 1. The number of hydrogen-bond acceptors (Lipinski definition) is 3. The minimum absolute atomic E-state index is 0.416. The highest BCUT2D eigenvalue weighted by Gasteiger charge is 2.02. The smallest absolute Gasteiger partial charge is 0.166 e. The van der Waals surface area contributed by atoms with Crippen molar-refractivity contribution in [3.05, 3.63) is 85.2 Å². The summed E-state index contributed by atoms with van der Waals surface area (Å²) in [6.07, 6.45) is 1.79. The van der Waals surface area contributed by atoms with Crippen LogP contribution in [0.2, 0.25) is 0 Å². The van der Waals surface area contributed by atoms with Crippen LogP contribution in [0.5, 0.6) is 17.2 Å². The Morgan fingerprint density at radius 2 is 1.38 bits per heavy atom. The van der Waals surface area contributed by atoms with Gasteiger partial charge < -0.3 is 9.47 Å². The van der Waals surface area contributed by atoms with Crippen molar-refractivity contribution in [2.75, 3.05) is 0 Å². The van der Waals surface area contributed by atoms with E-state index in [1.54, 1.807) is 6.33 Å². The van der Waals surface area contributed by atoms with E-state index in [2.05, 4.69) is 4.98 Å². The molecule has 0 aliphatic carbocycles. The van der Waals surface area contributed by atoms with Crippen molar-refractivity contribution in [1.82, 2.24) is 9.55 Å².